The van der Waals surface area contributed by atoms with Gasteiger partial charge in [0, 0.05) is 17.6 Å². The molecule has 1 aromatic rings. The molecule has 1 aromatic carbocycles. The smallest absolute Gasteiger partial charge is 0.244 e. The van der Waals surface area contributed by atoms with Crippen LogP contribution in [0.3, 0.4) is 0 Å². The third-order valence-corrected chi connectivity index (χ3v) is 5.14. The fraction of sp³-hybridized carbons (Fsp3) is 0.471. The lowest BCUT2D eigenvalue weighted by molar-refractivity contribution is -0.119. The van der Waals surface area contributed by atoms with E-state index in [9.17, 15) is 4.79 Å². The van der Waals surface area contributed by atoms with E-state index in [-0.39, 0.29) is 18.1 Å². The van der Waals surface area contributed by atoms with Crippen molar-refractivity contribution in [3.05, 3.63) is 40.9 Å². The van der Waals surface area contributed by atoms with Gasteiger partial charge in [-0.25, -0.2) is 0 Å². The Hall–Kier alpha value is -1.01. The van der Waals surface area contributed by atoms with Crippen LogP contribution in [0.15, 0.2) is 30.3 Å². The highest BCUT2D eigenvalue weighted by Crippen LogP contribution is 2.30. The van der Waals surface area contributed by atoms with Crippen LogP contribution in [0.1, 0.15) is 18.4 Å². The summed E-state index contributed by atoms with van der Waals surface area (Å²) in [7, 11) is 0. The summed E-state index contributed by atoms with van der Waals surface area (Å²) in [6, 6.07) is 7.37. The lowest BCUT2D eigenvalue weighted by Gasteiger charge is -2.36. The molecule has 23 heavy (non-hydrogen) atoms. The first-order valence-corrected chi connectivity index (χ1v) is 9.21. The molecule has 2 rings (SSSR count). The quantitative estimate of drug-likeness (QED) is 0.738. The van der Waals surface area contributed by atoms with Crippen molar-refractivity contribution in [3.8, 4) is 0 Å². The molecule has 1 saturated heterocycles. The van der Waals surface area contributed by atoms with Crippen LogP contribution in [-0.2, 0) is 9.53 Å². The zero-order valence-electron chi connectivity index (χ0n) is 13.0. The SMILES string of the molecule is O=C(C=Cc1ccccc1Cl)NCC1(OCCO)CCSCC1. The van der Waals surface area contributed by atoms with Gasteiger partial charge < -0.3 is 15.2 Å². The second-order valence-corrected chi connectivity index (χ2v) is 7.07. The number of hydrogen-bond acceptors (Lipinski definition) is 4. The third-order valence-electron chi connectivity index (χ3n) is 3.81. The van der Waals surface area contributed by atoms with Crippen LogP contribution in [0, 0.1) is 0 Å². The van der Waals surface area contributed by atoms with Crippen molar-refractivity contribution in [2.75, 3.05) is 31.3 Å². The Morgan fingerprint density at radius 3 is 2.83 bits per heavy atom. The molecule has 0 spiro atoms. The summed E-state index contributed by atoms with van der Waals surface area (Å²) in [6.45, 7) is 0.754. The third kappa shape index (κ3) is 5.84. The molecule has 1 aliphatic heterocycles. The fourth-order valence-corrected chi connectivity index (χ4v) is 3.90. The molecule has 1 aliphatic rings. The fourth-order valence-electron chi connectivity index (χ4n) is 2.46. The van der Waals surface area contributed by atoms with Gasteiger partial charge in [0.2, 0.25) is 5.91 Å². The first-order valence-electron chi connectivity index (χ1n) is 7.68. The zero-order chi connectivity index (χ0) is 16.5. The van der Waals surface area contributed by atoms with E-state index in [1.807, 2.05) is 30.0 Å². The van der Waals surface area contributed by atoms with Gasteiger partial charge >= 0.3 is 0 Å². The maximum absolute atomic E-state index is 12.0. The van der Waals surface area contributed by atoms with Gasteiger partial charge in [0.15, 0.2) is 0 Å². The average Bonchev–Trinajstić information content (AvgIpc) is 2.58. The van der Waals surface area contributed by atoms with E-state index in [4.69, 9.17) is 21.4 Å². The first-order chi connectivity index (χ1) is 11.2. The molecule has 0 aliphatic carbocycles. The average molecular weight is 356 g/mol. The lowest BCUT2D eigenvalue weighted by Crippen LogP contribution is -2.47. The zero-order valence-corrected chi connectivity index (χ0v) is 14.5. The molecule has 1 amide bonds. The Balaban J connectivity index is 1.89. The maximum Gasteiger partial charge on any atom is 0.244 e. The monoisotopic (exact) mass is 355 g/mol. The van der Waals surface area contributed by atoms with Crippen LogP contribution in [-0.4, -0.2) is 47.9 Å². The van der Waals surface area contributed by atoms with Crippen molar-refractivity contribution in [1.82, 2.24) is 5.32 Å². The predicted molar refractivity (Wildman–Crippen MR) is 95.8 cm³/mol. The summed E-state index contributed by atoms with van der Waals surface area (Å²) in [5.41, 5.74) is 0.451. The van der Waals surface area contributed by atoms with Gasteiger partial charge in [0.25, 0.3) is 0 Å². The van der Waals surface area contributed by atoms with Gasteiger partial charge in [-0.05, 0) is 42.1 Å². The number of aliphatic hydroxyl groups is 1. The van der Waals surface area contributed by atoms with Crippen molar-refractivity contribution in [2.45, 2.75) is 18.4 Å². The van der Waals surface area contributed by atoms with Crippen molar-refractivity contribution in [1.29, 1.82) is 0 Å². The second kappa shape index (κ2) is 9.33. The van der Waals surface area contributed by atoms with Crippen molar-refractivity contribution >= 4 is 35.3 Å². The summed E-state index contributed by atoms with van der Waals surface area (Å²) < 4.78 is 5.83. The Kier molecular flexibility index (Phi) is 7.43. The number of carbonyl (C=O) groups excluding carboxylic acids is 1. The summed E-state index contributed by atoms with van der Waals surface area (Å²) in [4.78, 5) is 12.0. The second-order valence-electron chi connectivity index (χ2n) is 5.44. The van der Waals surface area contributed by atoms with Gasteiger partial charge in [-0.2, -0.15) is 11.8 Å². The van der Waals surface area contributed by atoms with E-state index in [1.165, 1.54) is 6.08 Å². The van der Waals surface area contributed by atoms with E-state index in [0.29, 0.717) is 18.2 Å². The van der Waals surface area contributed by atoms with Crippen molar-refractivity contribution in [2.24, 2.45) is 0 Å². The molecule has 0 atom stereocenters. The molecule has 0 radical (unpaired) electrons. The largest absolute Gasteiger partial charge is 0.394 e. The van der Waals surface area contributed by atoms with Crippen LogP contribution in [0.5, 0.6) is 0 Å². The standard InChI is InChI=1S/C17H22ClNO3S/c18-15-4-2-1-3-14(15)5-6-16(21)19-13-17(22-10-9-20)7-11-23-12-8-17/h1-6,20H,7-13H2,(H,19,21). The molecule has 6 heteroatoms. The van der Waals surface area contributed by atoms with Crippen molar-refractivity contribution in [3.63, 3.8) is 0 Å². The van der Waals surface area contributed by atoms with E-state index in [0.717, 1.165) is 29.9 Å². The van der Waals surface area contributed by atoms with Gasteiger partial charge in [0.05, 0.1) is 18.8 Å². The van der Waals surface area contributed by atoms with Crippen LogP contribution in [0.25, 0.3) is 6.08 Å². The molecule has 126 valence electrons. The number of carbonyl (C=O) groups is 1. The molecular formula is C17H22ClNO3S. The molecule has 1 fully saturated rings. The maximum atomic E-state index is 12.0. The number of halogens is 1. The molecule has 4 nitrogen and oxygen atoms in total. The first kappa shape index (κ1) is 18.3. The topological polar surface area (TPSA) is 58.6 Å². The number of rotatable bonds is 7. The minimum absolute atomic E-state index is 0.00471. The summed E-state index contributed by atoms with van der Waals surface area (Å²) in [6.07, 6.45) is 4.95. The van der Waals surface area contributed by atoms with Crippen LogP contribution in [0.4, 0.5) is 0 Å². The molecule has 0 unspecified atom stereocenters. The summed E-state index contributed by atoms with van der Waals surface area (Å²) in [5, 5.41) is 12.5. The number of thioether (sulfide) groups is 1. The molecule has 0 aromatic heterocycles. The van der Waals surface area contributed by atoms with E-state index in [2.05, 4.69) is 5.32 Å². The van der Waals surface area contributed by atoms with Crippen LogP contribution < -0.4 is 5.32 Å². The summed E-state index contributed by atoms with van der Waals surface area (Å²) in [5.74, 6) is 1.85. The number of ether oxygens (including phenoxy) is 1. The molecule has 1 heterocycles. The van der Waals surface area contributed by atoms with Gasteiger partial charge in [0.1, 0.15) is 0 Å². The van der Waals surface area contributed by atoms with Gasteiger partial charge in [-0.15, -0.1) is 0 Å². The Morgan fingerprint density at radius 1 is 1.39 bits per heavy atom. The summed E-state index contributed by atoms with van der Waals surface area (Å²) >= 11 is 7.95. The number of aliphatic hydroxyl groups excluding tert-OH is 1. The normalized spacial score (nSPS) is 17.3. The van der Waals surface area contributed by atoms with Gasteiger partial charge in [-0.3, -0.25) is 4.79 Å². The number of hydrogen-bond donors (Lipinski definition) is 2. The van der Waals surface area contributed by atoms with Crippen LogP contribution in [0.2, 0.25) is 5.02 Å². The Bertz CT molecular complexity index is 544. The number of amides is 1. The van der Waals surface area contributed by atoms with E-state index in [1.54, 1.807) is 12.1 Å². The minimum Gasteiger partial charge on any atom is -0.394 e. The van der Waals surface area contributed by atoms with E-state index < -0.39 is 0 Å². The highest BCUT2D eigenvalue weighted by Gasteiger charge is 2.33. The molecular weight excluding hydrogens is 334 g/mol. The number of benzene rings is 1. The highest BCUT2D eigenvalue weighted by atomic mass is 35.5. The Labute approximate surface area is 146 Å². The predicted octanol–water partition coefficient (Wildman–Crippen LogP) is 2.74. The Morgan fingerprint density at radius 2 is 2.13 bits per heavy atom. The van der Waals surface area contributed by atoms with Gasteiger partial charge in [-0.1, -0.05) is 29.8 Å². The highest BCUT2D eigenvalue weighted by molar-refractivity contribution is 7.99. The minimum atomic E-state index is -0.359. The van der Waals surface area contributed by atoms with E-state index >= 15 is 0 Å². The molecule has 0 saturated carbocycles. The lowest BCUT2D eigenvalue weighted by atomic mass is 9.96. The van der Waals surface area contributed by atoms with Crippen molar-refractivity contribution < 1.29 is 14.6 Å². The molecule has 0 bridgehead atoms. The molecule has 2 N–H and O–H groups in total. The number of nitrogens with one attached hydrogen (secondary N) is 1. The van der Waals surface area contributed by atoms with Crippen LogP contribution >= 0.6 is 23.4 Å².